The largest absolute Gasteiger partial charge is 0.466 e. The number of rotatable bonds is 8. The summed E-state index contributed by atoms with van der Waals surface area (Å²) in [7, 11) is 0. The molecule has 0 atom stereocenters. The van der Waals surface area contributed by atoms with Crippen LogP contribution >= 0.6 is 48.0 Å². The van der Waals surface area contributed by atoms with E-state index in [2.05, 4.69) is 0 Å². The second kappa shape index (κ2) is 10.3. The highest BCUT2D eigenvalue weighted by Crippen LogP contribution is 2.42. The Labute approximate surface area is 181 Å². The molecule has 0 radical (unpaired) electrons. The Hall–Kier alpha value is -1.50. The smallest absolute Gasteiger partial charge is 0.307 e. The van der Waals surface area contributed by atoms with E-state index in [1.165, 1.54) is 9.80 Å². The summed E-state index contributed by atoms with van der Waals surface area (Å²) in [6.07, 6.45) is 0.0160. The second-order valence-corrected chi connectivity index (χ2v) is 8.71. The van der Waals surface area contributed by atoms with Crippen molar-refractivity contribution in [1.29, 1.82) is 0 Å². The van der Waals surface area contributed by atoms with E-state index in [4.69, 9.17) is 33.9 Å². The van der Waals surface area contributed by atoms with Gasteiger partial charge < -0.3 is 9.47 Å². The molecule has 2 saturated heterocycles. The first-order valence-electron chi connectivity index (χ1n) is 8.43. The lowest BCUT2D eigenvalue weighted by molar-refractivity contribution is -0.144. The molecule has 0 saturated carbocycles. The maximum Gasteiger partial charge on any atom is 0.307 e. The molecule has 2 aliphatic heterocycles. The molecule has 2 amide bonds. The predicted octanol–water partition coefficient (Wildman–Crippen LogP) is 1.82. The first kappa shape index (κ1) is 22.8. The van der Waals surface area contributed by atoms with E-state index in [9.17, 15) is 19.2 Å². The van der Waals surface area contributed by atoms with Gasteiger partial charge in [0.25, 0.3) is 11.8 Å². The molecule has 0 aromatic rings. The average Bonchev–Trinajstić information content (AvgIpc) is 3.07. The third-order valence-electron chi connectivity index (χ3n) is 3.59. The van der Waals surface area contributed by atoms with Crippen LogP contribution in [0.1, 0.15) is 26.7 Å². The van der Waals surface area contributed by atoms with Crippen molar-refractivity contribution in [2.24, 2.45) is 0 Å². The summed E-state index contributed by atoms with van der Waals surface area (Å²) in [5, 5.41) is 0. The maximum atomic E-state index is 12.7. The zero-order valence-electron chi connectivity index (χ0n) is 15.2. The minimum Gasteiger partial charge on any atom is -0.466 e. The highest BCUT2D eigenvalue weighted by molar-refractivity contribution is 8.29. The third kappa shape index (κ3) is 5.31. The molecule has 2 heterocycles. The van der Waals surface area contributed by atoms with Crippen LogP contribution in [0.5, 0.6) is 0 Å². The quantitative estimate of drug-likeness (QED) is 0.302. The summed E-state index contributed by atoms with van der Waals surface area (Å²) in [4.78, 5) is 51.3. The highest BCUT2D eigenvalue weighted by Gasteiger charge is 2.42. The van der Waals surface area contributed by atoms with Gasteiger partial charge in [0.15, 0.2) is 0 Å². The third-order valence-corrected chi connectivity index (χ3v) is 6.62. The van der Waals surface area contributed by atoms with Gasteiger partial charge >= 0.3 is 11.9 Å². The zero-order chi connectivity index (χ0) is 20.8. The van der Waals surface area contributed by atoms with Crippen LogP contribution in [-0.4, -0.2) is 68.5 Å². The van der Waals surface area contributed by atoms with Crippen LogP contribution in [0.2, 0.25) is 0 Å². The minimum atomic E-state index is -0.440. The van der Waals surface area contributed by atoms with E-state index in [1.54, 1.807) is 13.8 Å². The number of amides is 2. The van der Waals surface area contributed by atoms with Crippen LogP contribution in [0, 0.1) is 0 Å². The van der Waals surface area contributed by atoms with Crippen molar-refractivity contribution in [1.82, 2.24) is 9.80 Å². The normalized spacial score (nSPS) is 19.6. The van der Waals surface area contributed by atoms with E-state index >= 15 is 0 Å². The van der Waals surface area contributed by atoms with E-state index in [1.807, 2.05) is 0 Å². The topological polar surface area (TPSA) is 93.2 Å². The van der Waals surface area contributed by atoms with Gasteiger partial charge in [-0.2, -0.15) is 0 Å². The molecule has 2 aliphatic rings. The molecule has 0 aromatic carbocycles. The van der Waals surface area contributed by atoms with Gasteiger partial charge in [-0.15, -0.1) is 0 Å². The molecule has 0 bridgehead atoms. The molecule has 0 spiro atoms. The fourth-order valence-electron chi connectivity index (χ4n) is 2.33. The Kier molecular flexibility index (Phi) is 8.40. The Morgan fingerprint density at radius 3 is 1.50 bits per heavy atom. The van der Waals surface area contributed by atoms with E-state index < -0.39 is 23.8 Å². The standard InChI is InChI=1S/C16H18N2O6S4/c1-3-23-9(19)5-7-17-13(21)11(27-15(17)25)12-14(22)18(16(26)28-12)8-6-10(20)24-4-2/h3-8H2,1-2H3. The molecule has 2 fully saturated rings. The van der Waals surface area contributed by atoms with E-state index in [0.29, 0.717) is 0 Å². The number of thioether (sulfide) groups is 2. The van der Waals surface area contributed by atoms with Crippen molar-refractivity contribution in [3.63, 3.8) is 0 Å². The molecular weight excluding hydrogens is 444 g/mol. The molecule has 2 rings (SSSR count). The predicted molar refractivity (Wildman–Crippen MR) is 113 cm³/mol. The SMILES string of the molecule is CCOC(=O)CCN1C(=O)C(=C2SC(=S)N(CCC(=O)OCC)C2=O)SC1=S. The fourth-order valence-corrected chi connectivity index (χ4v) is 5.10. The molecule has 0 aliphatic carbocycles. The van der Waals surface area contributed by atoms with Crippen LogP contribution in [0.4, 0.5) is 0 Å². The minimum absolute atomic E-state index is 0.00800. The van der Waals surface area contributed by atoms with Crippen molar-refractivity contribution in [3.8, 4) is 0 Å². The van der Waals surface area contributed by atoms with Gasteiger partial charge in [0, 0.05) is 13.1 Å². The average molecular weight is 463 g/mol. The van der Waals surface area contributed by atoms with E-state index in [0.717, 1.165) is 23.5 Å². The van der Waals surface area contributed by atoms with Crippen molar-refractivity contribution in [3.05, 3.63) is 9.81 Å². The van der Waals surface area contributed by atoms with Crippen LogP contribution in [0.15, 0.2) is 9.81 Å². The first-order chi connectivity index (χ1) is 13.3. The van der Waals surface area contributed by atoms with Crippen molar-refractivity contribution in [2.45, 2.75) is 26.7 Å². The number of thiocarbonyl (C=S) groups is 2. The van der Waals surface area contributed by atoms with Gasteiger partial charge in [-0.3, -0.25) is 29.0 Å². The number of hydrogen-bond donors (Lipinski definition) is 0. The highest BCUT2D eigenvalue weighted by atomic mass is 32.2. The Balaban J connectivity index is 2.08. The summed E-state index contributed by atoms with van der Waals surface area (Å²) in [6.45, 7) is 4.06. The number of ether oxygens (including phenoxy) is 2. The lowest BCUT2D eigenvalue weighted by atomic mass is 10.3. The van der Waals surface area contributed by atoms with Gasteiger partial charge in [0.05, 0.1) is 35.9 Å². The van der Waals surface area contributed by atoms with Gasteiger partial charge in [-0.05, 0) is 13.8 Å². The van der Waals surface area contributed by atoms with E-state index in [-0.39, 0.29) is 57.6 Å². The van der Waals surface area contributed by atoms with Gasteiger partial charge in [-0.25, -0.2) is 0 Å². The molecule has 12 heteroatoms. The van der Waals surface area contributed by atoms with Crippen LogP contribution in [0.3, 0.4) is 0 Å². The van der Waals surface area contributed by atoms with Crippen LogP contribution in [-0.2, 0) is 28.7 Å². The van der Waals surface area contributed by atoms with Crippen LogP contribution in [0.25, 0.3) is 0 Å². The molecule has 0 N–H and O–H groups in total. The number of esters is 2. The number of carbonyl (C=O) groups excluding carboxylic acids is 4. The first-order valence-corrected chi connectivity index (χ1v) is 10.9. The molecule has 0 unspecified atom stereocenters. The Morgan fingerprint density at radius 1 is 0.821 bits per heavy atom. The molecule has 28 heavy (non-hydrogen) atoms. The summed E-state index contributed by atoms with van der Waals surface area (Å²) in [5.41, 5.74) is 0. The molecule has 8 nitrogen and oxygen atoms in total. The number of carbonyl (C=O) groups is 4. The van der Waals surface area contributed by atoms with Crippen molar-refractivity contribution in [2.75, 3.05) is 26.3 Å². The maximum absolute atomic E-state index is 12.7. The molecule has 0 aromatic heterocycles. The summed E-state index contributed by atoms with van der Waals surface area (Å²) in [5.74, 6) is -1.74. The summed E-state index contributed by atoms with van der Waals surface area (Å²) in [6, 6.07) is 0. The number of hydrogen-bond acceptors (Lipinski definition) is 10. The molecule has 152 valence electrons. The molecular formula is C16H18N2O6S4. The Morgan fingerprint density at radius 2 is 1.18 bits per heavy atom. The lowest BCUT2D eigenvalue weighted by Gasteiger charge is -2.14. The van der Waals surface area contributed by atoms with Gasteiger partial charge in [0.2, 0.25) is 0 Å². The van der Waals surface area contributed by atoms with Gasteiger partial charge in [0.1, 0.15) is 8.64 Å². The van der Waals surface area contributed by atoms with Crippen molar-refractivity contribution < 1.29 is 28.7 Å². The Bertz CT molecular complexity index is 704. The van der Waals surface area contributed by atoms with Gasteiger partial charge in [-0.1, -0.05) is 48.0 Å². The van der Waals surface area contributed by atoms with Crippen molar-refractivity contribution >= 4 is 80.4 Å². The monoisotopic (exact) mass is 462 g/mol. The number of nitrogens with zero attached hydrogens (tertiary/aromatic N) is 2. The summed E-state index contributed by atoms with van der Waals surface area (Å²) < 4.78 is 10.2. The zero-order valence-corrected chi connectivity index (χ0v) is 18.5. The fraction of sp³-hybridized carbons (Fsp3) is 0.500. The lowest BCUT2D eigenvalue weighted by Crippen LogP contribution is -2.32. The second-order valence-electron chi connectivity index (χ2n) is 5.42. The van der Waals surface area contributed by atoms with Crippen LogP contribution < -0.4 is 0 Å². The summed E-state index contributed by atoms with van der Waals surface area (Å²) >= 11 is 12.4.